The van der Waals surface area contributed by atoms with Crippen molar-refractivity contribution >= 4 is 33.2 Å². The fourth-order valence-electron chi connectivity index (χ4n) is 3.37. The maximum Gasteiger partial charge on any atom is 0.255 e. The first kappa shape index (κ1) is 22.6. The Balaban J connectivity index is 1.85. The van der Waals surface area contributed by atoms with Crippen LogP contribution in [0.15, 0.2) is 47.4 Å². The number of sulfonamides is 1. The zero-order chi connectivity index (χ0) is 21.6. The van der Waals surface area contributed by atoms with Crippen LogP contribution in [0.2, 0.25) is 5.02 Å². The minimum atomic E-state index is -3.77. The number of carbonyl (C=O) groups is 1. The van der Waals surface area contributed by atoms with E-state index in [1.165, 1.54) is 22.5 Å². The molecule has 1 aliphatic rings. The second kappa shape index (κ2) is 10.3. The Morgan fingerprint density at radius 2 is 1.80 bits per heavy atom. The number of hydrogen-bond acceptors (Lipinski definition) is 4. The quantitative estimate of drug-likeness (QED) is 0.647. The predicted octanol–water partition coefficient (Wildman–Crippen LogP) is 4.95. The van der Waals surface area contributed by atoms with Crippen LogP contribution in [-0.2, 0) is 10.0 Å². The average Bonchev–Trinajstić information content (AvgIpc) is 3.03. The summed E-state index contributed by atoms with van der Waals surface area (Å²) >= 11 is 6.23. The molecule has 1 N–H and O–H groups in total. The third-order valence-corrected chi connectivity index (χ3v) is 7.35. The molecule has 162 valence electrons. The van der Waals surface area contributed by atoms with Crippen LogP contribution in [0.3, 0.4) is 0 Å². The Bertz CT molecular complexity index is 986. The first-order valence-electron chi connectivity index (χ1n) is 10.3. The number of hydrogen-bond donors (Lipinski definition) is 1. The van der Waals surface area contributed by atoms with E-state index >= 15 is 0 Å². The fourth-order valence-corrected chi connectivity index (χ4v) is 5.38. The Morgan fingerprint density at radius 1 is 1.10 bits per heavy atom. The van der Waals surface area contributed by atoms with Gasteiger partial charge in [-0.15, -0.1) is 0 Å². The van der Waals surface area contributed by atoms with E-state index < -0.39 is 15.9 Å². The maximum atomic E-state index is 13.2. The summed E-state index contributed by atoms with van der Waals surface area (Å²) in [6.45, 7) is 3.47. The molecule has 1 heterocycles. The van der Waals surface area contributed by atoms with E-state index in [0.29, 0.717) is 31.1 Å². The van der Waals surface area contributed by atoms with E-state index in [2.05, 4.69) is 5.32 Å². The zero-order valence-electron chi connectivity index (χ0n) is 17.1. The molecule has 0 spiro atoms. The van der Waals surface area contributed by atoms with Gasteiger partial charge in [0, 0.05) is 18.7 Å². The van der Waals surface area contributed by atoms with Crippen LogP contribution in [0.5, 0.6) is 5.75 Å². The summed E-state index contributed by atoms with van der Waals surface area (Å²) in [6, 6.07) is 11.5. The minimum absolute atomic E-state index is 0.0331. The largest absolute Gasteiger partial charge is 0.491 e. The molecule has 0 saturated carbocycles. The van der Waals surface area contributed by atoms with Gasteiger partial charge in [0.2, 0.25) is 10.0 Å². The lowest BCUT2D eigenvalue weighted by atomic mass is 10.2. The summed E-state index contributed by atoms with van der Waals surface area (Å²) in [7, 11) is -3.77. The van der Waals surface area contributed by atoms with Crippen LogP contribution in [0, 0.1) is 0 Å². The molecule has 0 bridgehead atoms. The number of nitrogens with zero attached hydrogens (tertiary/aromatic N) is 1. The van der Waals surface area contributed by atoms with Gasteiger partial charge in [-0.05, 0) is 49.6 Å². The normalized spacial score (nSPS) is 15.4. The van der Waals surface area contributed by atoms with Gasteiger partial charge in [0.05, 0.1) is 17.3 Å². The number of rotatable bonds is 7. The molecule has 0 unspecified atom stereocenters. The smallest absolute Gasteiger partial charge is 0.255 e. The Kier molecular flexibility index (Phi) is 7.75. The van der Waals surface area contributed by atoms with Gasteiger partial charge in [0.25, 0.3) is 5.91 Å². The van der Waals surface area contributed by atoms with Crippen molar-refractivity contribution in [2.75, 3.05) is 25.0 Å². The molecule has 0 aliphatic carbocycles. The second-order valence-electron chi connectivity index (χ2n) is 7.26. The van der Waals surface area contributed by atoms with Crippen LogP contribution in [0.1, 0.15) is 49.4 Å². The van der Waals surface area contributed by atoms with Crippen LogP contribution in [-0.4, -0.2) is 38.3 Å². The molecule has 2 aromatic carbocycles. The lowest BCUT2D eigenvalue weighted by Gasteiger charge is -2.21. The van der Waals surface area contributed by atoms with Crippen molar-refractivity contribution in [2.24, 2.45) is 0 Å². The van der Waals surface area contributed by atoms with Gasteiger partial charge in [-0.3, -0.25) is 4.79 Å². The first-order chi connectivity index (χ1) is 14.4. The van der Waals surface area contributed by atoms with Gasteiger partial charge in [-0.25, -0.2) is 8.42 Å². The van der Waals surface area contributed by atoms with Crippen LogP contribution in [0.25, 0.3) is 0 Å². The number of carbonyl (C=O) groups excluding carboxylic acids is 1. The maximum absolute atomic E-state index is 13.2. The highest BCUT2D eigenvalue weighted by Gasteiger charge is 2.28. The lowest BCUT2D eigenvalue weighted by Crippen LogP contribution is -2.32. The minimum Gasteiger partial charge on any atom is -0.491 e. The van der Waals surface area contributed by atoms with Crippen molar-refractivity contribution in [3.8, 4) is 5.75 Å². The first-order valence-corrected chi connectivity index (χ1v) is 12.1. The highest BCUT2D eigenvalue weighted by Crippen LogP contribution is 2.29. The van der Waals surface area contributed by atoms with Gasteiger partial charge in [0.1, 0.15) is 10.6 Å². The summed E-state index contributed by atoms with van der Waals surface area (Å²) in [4.78, 5) is 12.8. The van der Waals surface area contributed by atoms with Crippen molar-refractivity contribution in [1.29, 1.82) is 0 Å². The van der Waals surface area contributed by atoms with Gasteiger partial charge >= 0.3 is 0 Å². The Hall–Kier alpha value is -2.09. The van der Waals surface area contributed by atoms with Gasteiger partial charge in [-0.1, -0.05) is 43.5 Å². The molecule has 8 heteroatoms. The molecule has 30 heavy (non-hydrogen) atoms. The summed E-state index contributed by atoms with van der Waals surface area (Å²) in [5.74, 6) is 0.144. The lowest BCUT2D eigenvalue weighted by molar-refractivity contribution is 0.102. The molecule has 0 atom stereocenters. The van der Waals surface area contributed by atoms with Crippen molar-refractivity contribution < 1.29 is 17.9 Å². The highest BCUT2D eigenvalue weighted by molar-refractivity contribution is 7.89. The SMILES string of the molecule is CCCOc1ccccc1NC(=O)c1ccc(Cl)c(S(=O)(=O)N2CCCCCC2)c1. The molecular weight excluding hydrogens is 424 g/mol. The third kappa shape index (κ3) is 5.33. The monoisotopic (exact) mass is 450 g/mol. The Labute approximate surface area is 183 Å². The number of para-hydroxylation sites is 2. The number of halogens is 1. The van der Waals surface area contributed by atoms with E-state index in [1.807, 2.05) is 13.0 Å². The van der Waals surface area contributed by atoms with Crippen molar-refractivity contribution in [3.63, 3.8) is 0 Å². The predicted molar refractivity (Wildman–Crippen MR) is 119 cm³/mol. The molecule has 1 amide bonds. The average molecular weight is 451 g/mol. The van der Waals surface area contributed by atoms with Gasteiger partial charge < -0.3 is 10.1 Å². The summed E-state index contributed by atoms with van der Waals surface area (Å²) in [5, 5.41) is 2.92. The summed E-state index contributed by atoms with van der Waals surface area (Å²) < 4.78 is 33.5. The molecule has 6 nitrogen and oxygen atoms in total. The van der Waals surface area contributed by atoms with E-state index in [0.717, 1.165) is 32.1 Å². The third-order valence-electron chi connectivity index (χ3n) is 4.97. The van der Waals surface area contributed by atoms with Crippen LogP contribution < -0.4 is 10.1 Å². The molecule has 0 aromatic heterocycles. The number of ether oxygens (including phenoxy) is 1. The summed E-state index contributed by atoms with van der Waals surface area (Å²) in [6.07, 6.45) is 4.53. The van der Waals surface area contributed by atoms with Crippen LogP contribution >= 0.6 is 11.6 Å². The molecule has 3 rings (SSSR count). The van der Waals surface area contributed by atoms with Crippen molar-refractivity contribution in [2.45, 2.75) is 43.9 Å². The number of benzene rings is 2. The Morgan fingerprint density at radius 3 is 2.50 bits per heavy atom. The topological polar surface area (TPSA) is 75.7 Å². The van der Waals surface area contributed by atoms with Crippen molar-refractivity contribution in [1.82, 2.24) is 4.31 Å². The van der Waals surface area contributed by atoms with Gasteiger partial charge in [0.15, 0.2) is 0 Å². The highest BCUT2D eigenvalue weighted by atomic mass is 35.5. The van der Waals surface area contributed by atoms with E-state index in [4.69, 9.17) is 16.3 Å². The molecule has 2 aromatic rings. The van der Waals surface area contributed by atoms with Crippen molar-refractivity contribution in [3.05, 3.63) is 53.1 Å². The van der Waals surface area contributed by atoms with E-state index in [1.54, 1.807) is 18.2 Å². The molecule has 1 fully saturated rings. The van der Waals surface area contributed by atoms with Crippen LogP contribution in [0.4, 0.5) is 5.69 Å². The van der Waals surface area contributed by atoms with Gasteiger partial charge in [-0.2, -0.15) is 4.31 Å². The number of anilines is 1. The molecule has 1 aliphatic heterocycles. The zero-order valence-corrected chi connectivity index (χ0v) is 18.6. The fraction of sp³-hybridized carbons (Fsp3) is 0.409. The summed E-state index contributed by atoms with van der Waals surface area (Å²) in [5.41, 5.74) is 0.751. The van der Waals surface area contributed by atoms with E-state index in [-0.39, 0.29) is 15.5 Å². The number of nitrogens with one attached hydrogen (secondary N) is 1. The molecular formula is C22H27ClN2O4S. The van der Waals surface area contributed by atoms with E-state index in [9.17, 15) is 13.2 Å². The standard InChI is InChI=1S/C22H27ClN2O4S/c1-2-15-29-20-10-6-5-9-19(20)24-22(26)17-11-12-18(23)21(16-17)30(27,28)25-13-7-3-4-8-14-25/h5-6,9-12,16H,2-4,7-8,13-15H2,1H3,(H,24,26). The second-order valence-corrected chi connectivity index (χ2v) is 9.58. The number of amides is 1. The molecule has 1 saturated heterocycles. The molecule has 0 radical (unpaired) electrons.